The van der Waals surface area contributed by atoms with Crippen LogP contribution in [0.5, 0.6) is 0 Å². The molecular weight excluding hydrogens is 865 g/mol. The van der Waals surface area contributed by atoms with Gasteiger partial charge in [0.05, 0.1) is 16.1 Å². The van der Waals surface area contributed by atoms with Gasteiger partial charge in [-0.25, -0.2) is 0 Å². The van der Waals surface area contributed by atoms with Gasteiger partial charge in [0.25, 0.3) is 20.2 Å². The van der Waals surface area contributed by atoms with Crippen molar-refractivity contribution in [3.8, 4) is 0 Å². The van der Waals surface area contributed by atoms with Crippen LogP contribution in [0.25, 0.3) is 0 Å². The Balaban J connectivity index is 0.00000209. The first-order chi connectivity index (χ1) is 29.8. The van der Waals surface area contributed by atoms with E-state index in [-0.39, 0.29) is 28.9 Å². The number of allylic oxidation sites excluding steroid dienone is 12. The summed E-state index contributed by atoms with van der Waals surface area (Å²) in [5.74, 6) is -1.23. The molecule has 0 amide bonds. The number of rotatable bonds is 22. The number of aliphatic carboxylic acids is 1. The minimum absolute atomic E-state index is 0.0719. The van der Waals surface area contributed by atoms with Gasteiger partial charge in [-0.2, -0.15) is 21.4 Å². The molecule has 2 atom stereocenters. The van der Waals surface area contributed by atoms with Crippen LogP contribution in [0.3, 0.4) is 0 Å². The van der Waals surface area contributed by atoms with E-state index in [1.807, 2.05) is 25.2 Å². The normalized spacial score (nSPS) is 21.1. The molecule has 1 aliphatic carbocycles. The van der Waals surface area contributed by atoms with E-state index < -0.39 is 42.2 Å². The smallest absolute Gasteiger partial charge is 0.425 e. The molecule has 2 aromatic rings. The number of fused-ring (bicyclic) bond motifs is 2. The fourth-order valence-electron chi connectivity index (χ4n) is 8.87. The topological polar surface area (TPSA) is 203 Å². The van der Waals surface area contributed by atoms with E-state index in [1.165, 1.54) is 34.7 Å². The molecule has 13 nitrogen and oxygen atoms in total. The second-order valence-corrected chi connectivity index (χ2v) is 19.9. The molecule has 0 bridgehead atoms. The largest absolute Gasteiger partial charge is 0.481 e. The van der Waals surface area contributed by atoms with Gasteiger partial charge in [0, 0.05) is 53.9 Å². The molecule has 3 N–H and O–H groups in total. The third kappa shape index (κ3) is 14.4. The zero-order valence-corrected chi connectivity index (χ0v) is 38.8. The van der Waals surface area contributed by atoms with Crippen LogP contribution < -0.4 is 4.90 Å². The Hall–Kier alpha value is -4.74. The third-order valence-corrected chi connectivity index (χ3v) is 13.6. The van der Waals surface area contributed by atoms with Crippen LogP contribution in [-0.4, -0.2) is 78.8 Å². The fourth-order valence-corrected chi connectivity index (χ4v) is 9.95. The molecule has 342 valence electrons. The van der Waals surface area contributed by atoms with Crippen LogP contribution in [0.1, 0.15) is 115 Å². The maximum absolute atomic E-state index is 12.4. The molecule has 0 aromatic heterocycles. The van der Waals surface area contributed by atoms with Crippen LogP contribution in [0.4, 0.5) is 11.4 Å². The molecule has 63 heavy (non-hydrogen) atoms. The lowest BCUT2D eigenvalue weighted by atomic mass is 9.75. The minimum Gasteiger partial charge on any atom is -0.481 e. The summed E-state index contributed by atoms with van der Waals surface area (Å²) in [6.07, 6.45) is 30.1. The highest BCUT2D eigenvalue weighted by Gasteiger charge is 2.47. The fraction of sp³-hybridized carbons (Fsp3) is 0.447. The van der Waals surface area contributed by atoms with Crippen LogP contribution in [0, 0.1) is 0 Å². The van der Waals surface area contributed by atoms with Gasteiger partial charge in [0.1, 0.15) is 6.54 Å². The quantitative estimate of drug-likeness (QED) is 0.0575. The molecule has 16 heteroatoms. The summed E-state index contributed by atoms with van der Waals surface area (Å²) in [6.45, 7) is 7.93. The first-order valence-corrected chi connectivity index (χ1v) is 25.5. The van der Waals surface area contributed by atoms with Gasteiger partial charge >= 0.3 is 16.6 Å². The Morgan fingerprint density at radius 2 is 1.49 bits per heavy atom. The molecule has 3 aliphatic rings. The molecule has 0 radical (unpaired) electrons. The standard InChI is InChI=1S/C47H60N2O8S2.O3S/c1-4-5-15-31-46(2)39-24-13-14-25-41(39)49(34-20-23-37-21-10-7-6-8-11-22-37)43(46)26-19-27-44-47(3,32-16-18-35-58(52,53)54)40-36-38(59(55,56)57)29-30-42(40)48(44)33-17-9-12-28-45(50)51;1-4(2)3/h6-8,10-11,13-14,19,21-22,24-27,29-30,36H,4-5,9,12,15-18,20,23,28,31-35H2,1-3H3,(H2-,50,51,52,53,54,55,56,57);/p+1/b7-6-,8-6?,10-7?,11-8-,21-10?,22-11?,37-21?,37-22?;. The molecule has 0 spiro atoms. The van der Waals surface area contributed by atoms with Crippen molar-refractivity contribution >= 4 is 53.9 Å². The summed E-state index contributed by atoms with van der Waals surface area (Å²) in [4.78, 5) is 13.2. The van der Waals surface area contributed by atoms with Crippen LogP contribution in [0.2, 0.25) is 0 Å². The van der Waals surface area contributed by atoms with Gasteiger partial charge in [0.15, 0.2) is 5.71 Å². The van der Waals surface area contributed by atoms with E-state index in [9.17, 15) is 35.8 Å². The maximum atomic E-state index is 12.4. The van der Waals surface area contributed by atoms with Crippen molar-refractivity contribution in [3.63, 3.8) is 0 Å². The number of carbonyl (C=O) groups is 1. The number of anilines is 1. The van der Waals surface area contributed by atoms with E-state index >= 15 is 0 Å². The van der Waals surface area contributed by atoms with Crippen LogP contribution in [0.15, 0.2) is 119 Å². The molecule has 0 saturated carbocycles. The van der Waals surface area contributed by atoms with Crippen molar-refractivity contribution in [2.45, 2.75) is 120 Å². The SMILES string of the molecule is CCCCCC1(C)C(/C=C/C=C2/N(CCCCCC(=O)O)c3ccc(S(=O)(=O)O)cc3C2(C)CCCCS(=O)(=O)O)=[N+](CCCC2=C/C=C\C=C/C=C2)c2ccccc21.O=S(=O)=O. The number of para-hydroxylation sites is 1. The Morgan fingerprint density at radius 3 is 2.19 bits per heavy atom. The van der Waals surface area contributed by atoms with Crippen molar-refractivity contribution < 1.29 is 53.0 Å². The molecule has 0 fully saturated rings. The number of nitrogens with zero attached hydrogens (tertiary/aromatic N) is 2. The van der Waals surface area contributed by atoms with Gasteiger partial charge in [-0.05, 0) is 87.8 Å². The van der Waals surface area contributed by atoms with Crippen LogP contribution >= 0.6 is 0 Å². The summed E-state index contributed by atoms with van der Waals surface area (Å²) in [5, 5.41) is 9.23. The highest BCUT2D eigenvalue weighted by Crippen LogP contribution is 2.52. The Labute approximate surface area is 374 Å². The maximum Gasteiger partial charge on any atom is 0.425 e. The van der Waals surface area contributed by atoms with Crippen molar-refractivity contribution in [1.82, 2.24) is 0 Å². The van der Waals surface area contributed by atoms with Crippen molar-refractivity contribution in [1.29, 1.82) is 0 Å². The predicted molar refractivity (Wildman–Crippen MR) is 247 cm³/mol. The second kappa shape index (κ2) is 23.3. The van der Waals surface area contributed by atoms with E-state index in [2.05, 4.69) is 90.1 Å². The van der Waals surface area contributed by atoms with E-state index in [0.717, 1.165) is 56.5 Å². The minimum atomic E-state index is -4.53. The van der Waals surface area contributed by atoms with Gasteiger partial charge in [-0.15, -0.1) is 12.6 Å². The number of carboxylic acids is 1. The third-order valence-electron chi connectivity index (χ3n) is 12.0. The Bertz CT molecular complexity index is 2510. The summed E-state index contributed by atoms with van der Waals surface area (Å²) < 4.78 is 95.5. The molecule has 2 aliphatic heterocycles. The Kier molecular flexibility index (Phi) is 18.8. The van der Waals surface area contributed by atoms with Crippen molar-refractivity contribution in [2.75, 3.05) is 23.7 Å². The average Bonchev–Trinajstić information content (AvgIpc) is 3.56. The number of unbranched alkanes of at least 4 members (excludes halogenated alkanes) is 5. The zero-order valence-electron chi connectivity index (χ0n) is 36.4. The summed E-state index contributed by atoms with van der Waals surface area (Å²) in [5.41, 5.74) is 6.30. The lowest BCUT2D eigenvalue weighted by Gasteiger charge is -2.30. The van der Waals surface area contributed by atoms with Gasteiger partial charge < -0.3 is 10.0 Å². The lowest BCUT2D eigenvalue weighted by molar-refractivity contribution is -0.438. The van der Waals surface area contributed by atoms with Gasteiger partial charge in [0.2, 0.25) is 5.69 Å². The number of hydrogen-bond donors (Lipinski definition) is 3. The number of benzene rings is 2. The summed E-state index contributed by atoms with van der Waals surface area (Å²) >= 11 is 0. The molecular formula is C47H61N2O11S3+. The molecule has 2 heterocycles. The lowest BCUT2D eigenvalue weighted by Crippen LogP contribution is -2.31. The van der Waals surface area contributed by atoms with E-state index in [0.29, 0.717) is 44.2 Å². The second-order valence-electron chi connectivity index (χ2n) is 16.5. The van der Waals surface area contributed by atoms with Crippen molar-refractivity contribution in [3.05, 3.63) is 126 Å². The predicted octanol–water partition coefficient (Wildman–Crippen LogP) is 9.18. The highest BCUT2D eigenvalue weighted by molar-refractivity contribution is 7.86. The number of hydrogen-bond acceptors (Lipinski definition) is 9. The van der Waals surface area contributed by atoms with Gasteiger partial charge in [-0.1, -0.05) is 106 Å². The first-order valence-electron chi connectivity index (χ1n) is 21.5. The molecule has 2 aromatic carbocycles. The molecule has 0 saturated heterocycles. The Morgan fingerprint density at radius 1 is 0.810 bits per heavy atom. The molecule has 5 rings (SSSR count). The monoisotopic (exact) mass is 925 g/mol. The van der Waals surface area contributed by atoms with E-state index in [4.69, 9.17) is 12.6 Å². The summed E-state index contributed by atoms with van der Waals surface area (Å²) in [7, 11) is -11.8. The summed E-state index contributed by atoms with van der Waals surface area (Å²) in [6, 6.07) is 13.3. The molecule has 2 unspecified atom stereocenters. The van der Waals surface area contributed by atoms with Gasteiger partial charge in [-0.3, -0.25) is 13.9 Å². The first kappa shape index (κ1) is 50.9. The van der Waals surface area contributed by atoms with Crippen LogP contribution in [-0.2, 0) is 46.5 Å². The highest BCUT2D eigenvalue weighted by atomic mass is 32.2. The zero-order chi connectivity index (χ0) is 46.3. The van der Waals surface area contributed by atoms with Crippen molar-refractivity contribution in [2.24, 2.45) is 0 Å². The average molecular weight is 926 g/mol. The number of carboxylic acid groups (broad SMARTS) is 1. The van der Waals surface area contributed by atoms with E-state index in [1.54, 1.807) is 6.07 Å².